The number of hydrogen-bond acceptors (Lipinski definition) is 1. The van der Waals surface area contributed by atoms with Gasteiger partial charge in [-0.2, -0.15) is 0 Å². The summed E-state index contributed by atoms with van der Waals surface area (Å²) in [5, 5.41) is 7.22. The van der Waals surface area contributed by atoms with Crippen LogP contribution in [0.1, 0.15) is 16.7 Å². The Morgan fingerprint density at radius 2 is 0.797 bits per heavy atom. The smallest absolute Gasteiger partial charge is 0.252 e. The van der Waals surface area contributed by atoms with Crippen LogP contribution in [0.4, 0.5) is 0 Å². The van der Waals surface area contributed by atoms with E-state index in [0.717, 1.165) is 16.9 Å². The molecule has 0 aromatic heterocycles. The Hall–Kier alpha value is -8.46. The number of rotatable bonds is 7. The normalized spacial score (nSPS) is 12.1. The second-order valence-electron chi connectivity index (χ2n) is 18.8. The number of ether oxygens (including phenoxy) is 1. The van der Waals surface area contributed by atoms with E-state index in [1.807, 2.05) is 0 Å². The first kappa shape index (κ1) is 40.8. The first-order valence-electron chi connectivity index (χ1n) is 24.1. The van der Waals surface area contributed by atoms with E-state index < -0.39 is 0 Å². The van der Waals surface area contributed by atoms with Crippen molar-refractivity contribution in [3.05, 3.63) is 247 Å². The molecule has 1 heterocycles. The van der Waals surface area contributed by atoms with Gasteiger partial charge in [-0.05, 0) is 132 Å². The molecule has 0 N–H and O–H groups in total. The van der Waals surface area contributed by atoms with Crippen molar-refractivity contribution in [1.82, 2.24) is 0 Å². The molecule has 12 aromatic carbocycles. The molecule has 0 bridgehead atoms. The fraction of sp³-hybridized carbons (Fsp3) is 0.0448. The summed E-state index contributed by atoms with van der Waals surface area (Å²) in [6.07, 6.45) is 0. The van der Waals surface area contributed by atoms with E-state index in [2.05, 4.69) is 251 Å². The van der Waals surface area contributed by atoms with Gasteiger partial charge < -0.3 is 4.74 Å². The molecule has 0 saturated heterocycles. The van der Waals surface area contributed by atoms with Crippen molar-refractivity contribution in [3.8, 4) is 78.3 Å². The summed E-state index contributed by atoms with van der Waals surface area (Å²) < 4.78 is 7.51. The molecule has 0 atom stereocenters. The highest BCUT2D eigenvalue weighted by Crippen LogP contribution is 2.52. The average Bonchev–Trinajstić information content (AvgIpc) is 3.40. The Morgan fingerprint density at radius 3 is 1.35 bits per heavy atom. The lowest BCUT2D eigenvalue weighted by atomic mass is 9.33. The standard InChI is InChI=1S/C67H47BO/c1-42-40-43(2)65(44(3)41-42)68-58-32-16-17-33-59(58)69-67-57-39-38-54-55(61-50(45-20-8-4-9-21-45)28-18-29-51(61)46-22-10-5-11-23-46)36-34-49-35-37-56(63(57)60(49)54)64(66(67)68)62-52(47-24-12-6-13-25-47)30-19-31-53(62)48-26-14-7-15-27-48/h4-41H,1-3H3. The first-order valence-corrected chi connectivity index (χ1v) is 24.1. The van der Waals surface area contributed by atoms with E-state index in [4.69, 9.17) is 4.74 Å². The minimum Gasteiger partial charge on any atom is -0.458 e. The van der Waals surface area contributed by atoms with Crippen LogP contribution in [0.5, 0.6) is 11.5 Å². The third kappa shape index (κ3) is 6.55. The van der Waals surface area contributed by atoms with E-state index in [-0.39, 0.29) is 6.71 Å². The zero-order chi connectivity index (χ0) is 46.2. The van der Waals surface area contributed by atoms with Crippen LogP contribution in [-0.4, -0.2) is 6.71 Å². The van der Waals surface area contributed by atoms with Gasteiger partial charge >= 0.3 is 0 Å². The zero-order valence-corrected chi connectivity index (χ0v) is 38.9. The molecule has 1 nitrogen and oxygen atoms in total. The quantitative estimate of drug-likeness (QED) is 0.114. The monoisotopic (exact) mass is 878 g/mol. The Kier molecular flexibility index (Phi) is 9.70. The van der Waals surface area contributed by atoms with E-state index in [9.17, 15) is 0 Å². The lowest BCUT2D eigenvalue weighted by Gasteiger charge is -2.34. The summed E-state index contributed by atoms with van der Waals surface area (Å²) in [5.74, 6) is 1.83. The number of benzene rings is 12. The molecule has 69 heavy (non-hydrogen) atoms. The molecule has 0 saturated carbocycles. The second-order valence-corrected chi connectivity index (χ2v) is 18.8. The van der Waals surface area contributed by atoms with Gasteiger partial charge in [-0.3, -0.25) is 0 Å². The maximum absolute atomic E-state index is 7.51. The molecule has 0 unspecified atom stereocenters. The minimum absolute atomic E-state index is 0.114. The van der Waals surface area contributed by atoms with Crippen molar-refractivity contribution in [2.24, 2.45) is 0 Å². The van der Waals surface area contributed by atoms with Gasteiger partial charge in [-0.15, -0.1) is 0 Å². The maximum Gasteiger partial charge on any atom is 0.252 e. The molecule has 13 rings (SSSR count). The fourth-order valence-electron chi connectivity index (χ4n) is 11.9. The van der Waals surface area contributed by atoms with Crippen molar-refractivity contribution in [2.75, 3.05) is 0 Å². The van der Waals surface area contributed by atoms with Crippen molar-refractivity contribution < 1.29 is 4.74 Å². The van der Waals surface area contributed by atoms with Crippen molar-refractivity contribution >= 4 is 55.4 Å². The van der Waals surface area contributed by atoms with Crippen molar-refractivity contribution in [1.29, 1.82) is 0 Å². The van der Waals surface area contributed by atoms with E-state index in [0.29, 0.717) is 0 Å². The predicted octanol–water partition coefficient (Wildman–Crippen LogP) is 16.1. The second kappa shape index (κ2) is 16.4. The molecule has 2 heteroatoms. The molecule has 1 aliphatic heterocycles. The van der Waals surface area contributed by atoms with Gasteiger partial charge in [0.2, 0.25) is 0 Å². The molecule has 1 aliphatic rings. The van der Waals surface area contributed by atoms with Gasteiger partial charge in [0.05, 0.1) is 0 Å². The summed E-state index contributed by atoms with van der Waals surface area (Å²) >= 11 is 0. The largest absolute Gasteiger partial charge is 0.458 e. The molecule has 0 aliphatic carbocycles. The minimum atomic E-state index is -0.114. The third-order valence-electron chi connectivity index (χ3n) is 14.7. The number of aryl methyl sites for hydroxylation is 3. The summed E-state index contributed by atoms with van der Waals surface area (Å²) in [6.45, 7) is 6.69. The van der Waals surface area contributed by atoms with Crippen LogP contribution < -0.4 is 21.1 Å². The summed E-state index contributed by atoms with van der Waals surface area (Å²) in [4.78, 5) is 0. The maximum atomic E-state index is 7.51. The van der Waals surface area contributed by atoms with Crippen LogP contribution in [0.3, 0.4) is 0 Å². The predicted molar refractivity (Wildman–Crippen MR) is 295 cm³/mol. The molecule has 0 amide bonds. The summed E-state index contributed by atoms with van der Waals surface area (Å²) in [5.41, 5.74) is 21.9. The van der Waals surface area contributed by atoms with E-state index in [1.165, 1.54) is 127 Å². The van der Waals surface area contributed by atoms with E-state index in [1.54, 1.807) is 0 Å². The highest BCUT2D eigenvalue weighted by atomic mass is 16.5. The van der Waals surface area contributed by atoms with Crippen LogP contribution in [0, 0.1) is 20.8 Å². The number of fused-ring (bicyclic) bond motifs is 3. The molecular weight excluding hydrogens is 832 g/mol. The molecule has 324 valence electrons. The molecule has 0 radical (unpaired) electrons. The summed E-state index contributed by atoms with van der Waals surface area (Å²) in [7, 11) is 0. The van der Waals surface area contributed by atoms with Crippen molar-refractivity contribution in [2.45, 2.75) is 20.8 Å². The van der Waals surface area contributed by atoms with Crippen molar-refractivity contribution in [3.63, 3.8) is 0 Å². The Bertz CT molecular complexity index is 3790. The van der Waals surface area contributed by atoms with Crippen LogP contribution in [0.15, 0.2) is 231 Å². The number of para-hydroxylation sites is 1. The first-order chi connectivity index (χ1) is 34.0. The highest BCUT2D eigenvalue weighted by Gasteiger charge is 2.40. The van der Waals surface area contributed by atoms with Gasteiger partial charge in [0.25, 0.3) is 6.71 Å². The van der Waals surface area contributed by atoms with Crippen LogP contribution in [0.2, 0.25) is 0 Å². The molecular formula is C67H47BO. The lowest BCUT2D eigenvalue weighted by Crippen LogP contribution is -2.57. The molecule has 12 aromatic rings. The van der Waals surface area contributed by atoms with Gasteiger partial charge in [0.15, 0.2) is 0 Å². The van der Waals surface area contributed by atoms with Gasteiger partial charge in [-0.25, -0.2) is 0 Å². The van der Waals surface area contributed by atoms with Crippen LogP contribution in [-0.2, 0) is 0 Å². The zero-order valence-electron chi connectivity index (χ0n) is 38.9. The average molecular weight is 879 g/mol. The highest BCUT2D eigenvalue weighted by molar-refractivity contribution is 6.98. The number of hydrogen-bond donors (Lipinski definition) is 0. The van der Waals surface area contributed by atoms with Gasteiger partial charge in [0, 0.05) is 10.8 Å². The van der Waals surface area contributed by atoms with Crippen LogP contribution in [0.25, 0.3) is 99.1 Å². The molecule has 0 spiro atoms. The lowest BCUT2D eigenvalue weighted by molar-refractivity contribution is 0.493. The Morgan fingerprint density at radius 1 is 0.333 bits per heavy atom. The molecule has 0 fully saturated rings. The SMILES string of the molecule is Cc1cc(C)c(B2c3ccccc3Oc3c2c(-c2c(-c4ccccc4)cccc2-c2ccccc2)c2ccc4ccc(-c5c(-c6ccccc6)cccc5-c5ccccc5)c5ccc3c2c45)c(C)c1. The van der Waals surface area contributed by atoms with Gasteiger partial charge in [-0.1, -0.05) is 241 Å². The van der Waals surface area contributed by atoms with E-state index >= 15 is 0 Å². The summed E-state index contributed by atoms with van der Waals surface area (Å²) in [6, 6.07) is 85.0. The topological polar surface area (TPSA) is 9.23 Å². The van der Waals surface area contributed by atoms with Crippen LogP contribution >= 0.6 is 0 Å². The Balaban J connectivity index is 1.23. The Labute approximate surface area is 404 Å². The van der Waals surface area contributed by atoms with Gasteiger partial charge in [0.1, 0.15) is 11.5 Å². The fourth-order valence-corrected chi connectivity index (χ4v) is 11.9. The third-order valence-corrected chi connectivity index (χ3v) is 14.7.